The van der Waals surface area contributed by atoms with Crippen molar-refractivity contribution in [3.63, 3.8) is 0 Å². The number of hydrogen-bond donors (Lipinski definition) is 1. The summed E-state index contributed by atoms with van der Waals surface area (Å²) >= 11 is 0. The highest BCUT2D eigenvalue weighted by Crippen LogP contribution is 2.00. The van der Waals surface area contributed by atoms with Gasteiger partial charge < -0.3 is 0 Å². The van der Waals surface area contributed by atoms with Gasteiger partial charge in [-0.1, -0.05) is 32.6 Å². The number of nitrogens with one attached hydrogen (secondary N) is 2. The minimum Gasteiger partial charge on any atom is -0.243 e. The molecule has 2 heteroatoms. The SMILES string of the molecule is CCCCCCCN[NH]. The Morgan fingerprint density at radius 1 is 1.11 bits per heavy atom. The van der Waals surface area contributed by atoms with Crippen LogP contribution in [0.5, 0.6) is 0 Å². The Labute approximate surface area is 57.8 Å². The van der Waals surface area contributed by atoms with Crippen LogP contribution in [-0.2, 0) is 0 Å². The molecular weight excluding hydrogens is 112 g/mol. The van der Waals surface area contributed by atoms with Crippen LogP contribution in [0.1, 0.15) is 39.0 Å². The summed E-state index contributed by atoms with van der Waals surface area (Å²) in [5.41, 5.74) is 2.39. The van der Waals surface area contributed by atoms with Gasteiger partial charge in [0.15, 0.2) is 0 Å². The Morgan fingerprint density at radius 2 is 1.78 bits per heavy atom. The zero-order valence-corrected chi connectivity index (χ0v) is 6.24. The normalized spacial score (nSPS) is 10.0. The lowest BCUT2D eigenvalue weighted by atomic mass is 10.2. The number of rotatable bonds is 6. The predicted molar refractivity (Wildman–Crippen MR) is 39.9 cm³/mol. The van der Waals surface area contributed by atoms with Crippen molar-refractivity contribution in [1.29, 1.82) is 0 Å². The molecule has 0 aliphatic heterocycles. The molecular formula is C7H17N2. The van der Waals surface area contributed by atoms with E-state index in [1.165, 1.54) is 25.7 Å². The van der Waals surface area contributed by atoms with Crippen LogP contribution in [0.4, 0.5) is 0 Å². The minimum absolute atomic E-state index is 0.851. The quantitative estimate of drug-likeness (QED) is 0.430. The molecule has 2 N–H and O–H groups in total. The van der Waals surface area contributed by atoms with E-state index in [-0.39, 0.29) is 0 Å². The molecule has 0 unspecified atom stereocenters. The maximum absolute atomic E-state index is 6.63. The first kappa shape index (κ1) is 8.92. The topological polar surface area (TPSA) is 35.8 Å². The first-order chi connectivity index (χ1) is 4.41. The van der Waals surface area contributed by atoms with Crippen molar-refractivity contribution < 1.29 is 0 Å². The summed E-state index contributed by atoms with van der Waals surface area (Å²) in [6, 6.07) is 0. The average Bonchev–Trinajstić information content (AvgIpc) is 1.89. The first-order valence-electron chi connectivity index (χ1n) is 3.81. The van der Waals surface area contributed by atoms with Gasteiger partial charge in [0.2, 0.25) is 0 Å². The van der Waals surface area contributed by atoms with Crippen molar-refractivity contribution >= 4 is 0 Å². The average molecular weight is 129 g/mol. The lowest BCUT2D eigenvalue weighted by molar-refractivity contribution is 0.588. The number of unbranched alkanes of at least 4 members (excludes halogenated alkanes) is 4. The summed E-state index contributed by atoms with van der Waals surface area (Å²) in [6.07, 6.45) is 6.41. The van der Waals surface area contributed by atoms with E-state index in [2.05, 4.69) is 12.3 Å². The molecule has 0 bridgehead atoms. The fraction of sp³-hybridized carbons (Fsp3) is 1.00. The van der Waals surface area contributed by atoms with Crippen LogP contribution in [0.15, 0.2) is 0 Å². The van der Waals surface area contributed by atoms with E-state index in [0.717, 1.165) is 13.0 Å². The predicted octanol–water partition coefficient (Wildman–Crippen LogP) is 1.74. The Morgan fingerprint density at radius 3 is 2.33 bits per heavy atom. The lowest BCUT2D eigenvalue weighted by Crippen LogP contribution is -2.10. The molecule has 0 amide bonds. The molecule has 0 rings (SSSR count). The maximum atomic E-state index is 6.63. The van der Waals surface area contributed by atoms with Gasteiger partial charge in [-0.3, -0.25) is 0 Å². The molecule has 0 heterocycles. The molecule has 0 saturated heterocycles. The van der Waals surface area contributed by atoms with Gasteiger partial charge in [0.1, 0.15) is 0 Å². The third kappa shape index (κ3) is 7.92. The minimum atomic E-state index is 0.851. The first-order valence-corrected chi connectivity index (χ1v) is 3.81. The van der Waals surface area contributed by atoms with Crippen molar-refractivity contribution in [3.8, 4) is 0 Å². The summed E-state index contributed by atoms with van der Waals surface area (Å²) in [5.74, 6) is 6.63. The Kier molecular flexibility index (Phi) is 7.85. The second kappa shape index (κ2) is 7.92. The van der Waals surface area contributed by atoms with Gasteiger partial charge in [-0.25, -0.2) is 5.43 Å². The van der Waals surface area contributed by atoms with E-state index >= 15 is 0 Å². The Bertz CT molecular complexity index is 40.2. The summed E-state index contributed by atoms with van der Waals surface area (Å²) in [5, 5.41) is 0. The highest BCUT2D eigenvalue weighted by atomic mass is 15.2. The van der Waals surface area contributed by atoms with Gasteiger partial charge in [-0.2, -0.15) is 5.84 Å². The smallest absolute Gasteiger partial charge is 0.0113 e. The van der Waals surface area contributed by atoms with Gasteiger partial charge in [0.25, 0.3) is 0 Å². The van der Waals surface area contributed by atoms with Crippen molar-refractivity contribution in [2.45, 2.75) is 39.0 Å². The van der Waals surface area contributed by atoms with Crippen LogP contribution in [0.25, 0.3) is 0 Å². The van der Waals surface area contributed by atoms with Crippen LogP contribution in [-0.4, -0.2) is 6.54 Å². The lowest BCUT2D eigenvalue weighted by Gasteiger charge is -1.96. The molecule has 55 valence electrons. The van der Waals surface area contributed by atoms with Crippen molar-refractivity contribution in [1.82, 2.24) is 11.3 Å². The van der Waals surface area contributed by atoms with E-state index in [0.29, 0.717) is 0 Å². The summed E-state index contributed by atoms with van der Waals surface area (Å²) < 4.78 is 0. The summed E-state index contributed by atoms with van der Waals surface area (Å²) in [4.78, 5) is 0. The van der Waals surface area contributed by atoms with Crippen molar-refractivity contribution in [2.24, 2.45) is 0 Å². The van der Waals surface area contributed by atoms with Crippen molar-refractivity contribution in [3.05, 3.63) is 0 Å². The van der Waals surface area contributed by atoms with E-state index in [4.69, 9.17) is 5.84 Å². The van der Waals surface area contributed by atoms with Gasteiger partial charge >= 0.3 is 0 Å². The third-order valence-electron chi connectivity index (χ3n) is 1.41. The van der Waals surface area contributed by atoms with Crippen LogP contribution in [0, 0.1) is 0 Å². The fourth-order valence-electron chi connectivity index (χ4n) is 0.817. The molecule has 2 nitrogen and oxygen atoms in total. The molecule has 0 aromatic rings. The molecule has 0 aliphatic carbocycles. The van der Waals surface area contributed by atoms with Gasteiger partial charge in [0.05, 0.1) is 0 Å². The highest BCUT2D eigenvalue weighted by molar-refractivity contribution is 4.42. The highest BCUT2D eigenvalue weighted by Gasteiger charge is 1.85. The van der Waals surface area contributed by atoms with Crippen molar-refractivity contribution in [2.75, 3.05) is 6.54 Å². The van der Waals surface area contributed by atoms with E-state index < -0.39 is 0 Å². The second-order valence-electron chi connectivity index (χ2n) is 2.34. The molecule has 0 spiro atoms. The van der Waals surface area contributed by atoms with Crippen LogP contribution in [0.2, 0.25) is 0 Å². The molecule has 9 heavy (non-hydrogen) atoms. The zero-order chi connectivity index (χ0) is 6.95. The summed E-state index contributed by atoms with van der Waals surface area (Å²) in [6.45, 7) is 3.06. The third-order valence-corrected chi connectivity index (χ3v) is 1.41. The molecule has 1 radical (unpaired) electrons. The van der Waals surface area contributed by atoms with Gasteiger partial charge in [-0.05, 0) is 6.42 Å². The molecule has 0 aromatic carbocycles. The molecule has 0 aliphatic rings. The van der Waals surface area contributed by atoms with Crippen LogP contribution < -0.4 is 11.3 Å². The molecule has 0 saturated carbocycles. The Balaban J connectivity index is 2.60. The largest absolute Gasteiger partial charge is 0.243 e. The number of hydrogen-bond acceptors (Lipinski definition) is 1. The van der Waals surface area contributed by atoms with E-state index in [1.807, 2.05) is 0 Å². The van der Waals surface area contributed by atoms with Crippen LogP contribution >= 0.6 is 0 Å². The second-order valence-corrected chi connectivity index (χ2v) is 2.34. The van der Waals surface area contributed by atoms with Gasteiger partial charge in [-0.15, -0.1) is 0 Å². The van der Waals surface area contributed by atoms with E-state index in [9.17, 15) is 0 Å². The molecule has 0 aromatic heterocycles. The zero-order valence-electron chi connectivity index (χ0n) is 6.24. The standard InChI is InChI=1S/C7H17N2/c1-2-3-4-5-6-7-9-8/h8-9H,2-7H2,1H3. The fourth-order valence-corrected chi connectivity index (χ4v) is 0.817. The summed E-state index contributed by atoms with van der Waals surface area (Å²) in [7, 11) is 0. The Hall–Kier alpha value is -0.0800. The molecule has 0 fully saturated rings. The van der Waals surface area contributed by atoms with E-state index in [1.54, 1.807) is 0 Å². The molecule has 0 atom stereocenters. The maximum Gasteiger partial charge on any atom is 0.0113 e. The monoisotopic (exact) mass is 129 g/mol. The van der Waals surface area contributed by atoms with Gasteiger partial charge in [0, 0.05) is 6.54 Å². The van der Waals surface area contributed by atoms with Crippen LogP contribution in [0.3, 0.4) is 0 Å².